The Morgan fingerprint density at radius 2 is 1.00 bits per heavy atom. The van der Waals surface area contributed by atoms with Crippen molar-refractivity contribution in [3.05, 3.63) is 38.0 Å². The van der Waals surface area contributed by atoms with Gasteiger partial charge in [-0.1, -0.05) is 62.2 Å². The first-order valence-corrected chi connectivity index (χ1v) is 10.1. The third-order valence-electron chi connectivity index (χ3n) is 3.57. The van der Waals surface area contributed by atoms with Gasteiger partial charge in [0.15, 0.2) is 0 Å². The van der Waals surface area contributed by atoms with Gasteiger partial charge in [-0.3, -0.25) is 0 Å². The Hall–Kier alpha value is -0.563. The summed E-state index contributed by atoms with van der Waals surface area (Å²) < 4.78 is 0. The molecular formula is C16H30Si. The van der Waals surface area contributed by atoms with Gasteiger partial charge >= 0.3 is 0 Å². The lowest BCUT2D eigenvalue weighted by molar-refractivity contribution is 0.846. The van der Waals surface area contributed by atoms with Gasteiger partial charge in [-0.25, -0.2) is 0 Å². The molecular weight excluding hydrogens is 220 g/mol. The Morgan fingerprint density at radius 1 is 0.706 bits per heavy atom. The van der Waals surface area contributed by atoms with E-state index in [1.165, 1.54) is 56.7 Å². The second-order valence-electron chi connectivity index (χ2n) is 5.35. The maximum absolute atomic E-state index is 3.82. The molecule has 1 heteroatoms. The predicted octanol–water partition coefficient (Wildman–Crippen LogP) is 5.96. The van der Waals surface area contributed by atoms with Gasteiger partial charge in [-0.05, 0) is 19.3 Å². The van der Waals surface area contributed by atoms with Crippen molar-refractivity contribution >= 4 is 8.07 Å². The van der Waals surface area contributed by atoms with E-state index in [0.29, 0.717) is 0 Å². The van der Waals surface area contributed by atoms with Crippen molar-refractivity contribution in [1.82, 2.24) is 0 Å². The fraction of sp³-hybridized carbons (Fsp3) is 0.625. The summed E-state index contributed by atoms with van der Waals surface area (Å²) in [6.07, 6.45) is 13.8. The van der Waals surface area contributed by atoms with E-state index in [4.69, 9.17) is 0 Å². The van der Waals surface area contributed by atoms with E-state index in [-0.39, 0.29) is 0 Å². The van der Waals surface area contributed by atoms with Crippen LogP contribution in [0.25, 0.3) is 0 Å². The van der Waals surface area contributed by atoms with Crippen LogP contribution in [-0.2, 0) is 0 Å². The number of allylic oxidation sites excluding steroid dienone is 3. The Kier molecular flexibility index (Phi) is 10.2. The molecule has 0 aromatic heterocycles. The summed E-state index contributed by atoms with van der Waals surface area (Å²) >= 11 is 0. The van der Waals surface area contributed by atoms with Crippen LogP contribution in [0.3, 0.4) is 0 Å². The van der Waals surface area contributed by atoms with Gasteiger partial charge < -0.3 is 0 Å². The van der Waals surface area contributed by atoms with Crippen molar-refractivity contribution in [2.45, 2.75) is 63.2 Å². The third-order valence-corrected chi connectivity index (χ3v) is 8.25. The molecule has 0 nitrogen and oxygen atoms in total. The van der Waals surface area contributed by atoms with Crippen LogP contribution in [0.4, 0.5) is 0 Å². The second-order valence-corrected chi connectivity index (χ2v) is 10.5. The van der Waals surface area contributed by atoms with Gasteiger partial charge in [-0.2, -0.15) is 0 Å². The lowest BCUT2D eigenvalue weighted by Crippen LogP contribution is -2.29. The fourth-order valence-corrected chi connectivity index (χ4v) is 6.32. The van der Waals surface area contributed by atoms with Crippen LogP contribution in [0.2, 0.25) is 24.7 Å². The zero-order valence-electron chi connectivity index (χ0n) is 11.7. The van der Waals surface area contributed by atoms with E-state index in [0.717, 1.165) is 0 Å². The van der Waals surface area contributed by atoms with E-state index < -0.39 is 8.07 Å². The summed E-state index contributed by atoms with van der Waals surface area (Å²) in [4.78, 5) is 0. The molecule has 0 aliphatic heterocycles. The average molecular weight is 251 g/mol. The fourth-order valence-electron chi connectivity index (χ4n) is 2.39. The van der Waals surface area contributed by atoms with Crippen LogP contribution in [0.1, 0.15) is 38.5 Å². The van der Waals surface area contributed by atoms with Crippen LogP contribution < -0.4 is 0 Å². The lowest BCUT2D eigenvalue weighted by Gasteiger charge is -2.27. The Balaban J connectivity index is 4.07. The topological polar surface area (TPSA) is 0 Å². The summed E-state index contributed by atoms with van der Waals surface area (Å²) in [5.41, 5.74) is 0. The normalized spacial score (nSPS) is 11.1. The van der Waals surface area contributed by atoms with Gasteiger partial charge in [0.25, 0.3) is 0 Å². The molecule has 0 aromatic carbocycles. The first kappa shape index (κ1) is 16.4. The van der Waals surface area contributed by atoms with Gasteiger partial charge in [0.2, 0.25) is 0 Å². The summed E-state index contributed by atoms with van der Waals surface area (Å²) in [7, 11) is -1.00. The average Bonchev–Trinajstić information content (AvgIpc) is 2.30. The van der Waals surface area contributed by atoms with Crippen molar-refractivity contribution < 1.29 is 0 Å². The maximum Gasteiger partial charge on any atom is 0.0505 e. The van der Waals surface area contributed by atoms with Gasteiger partial charge in [0.05, 0.1) is 8.07 Å². The van der Waals surface area contributed by atoms with Crippen LogP contribution in [0, 0.1) is 0 Å². The zero-order valence-corrected chi connectivity index (χ0v) is 12.7. The number of rotatable bonds is 12. The van der Waals surface area contributed by atoms with Crippen LogP contribution in [0.5, 0.6) is 0 Å². The quantitative estimate of drug-likeness (QED) is 0.228. The molecule has 0 aromatic rings. The number of unbranched alkanes of at least 4 members (excludes halogenated alkanes) is 3. The van der Waals surface area contributed by atoms with Crippen molar-refractivity contribution in [3.63, 3.8) is 0 Å². The highest BCUT2D eigenvalue weighted by molar-refractivity contribution is 6.78. The van der Waals surface area contributed by atoms with Crippen molar-refractivity contribution in [2.24, 2.45) is 0 Å². The van der Waals surface area contributed by atoms with Crippen molar-refractivity contribution in [3.8, 4) is 0 Å². The van der Waals surface area contributed by atoms with E-state index in [1.54, 1.807) is 0 Å². The summed E-state index contributed by atoms with van der Waals surface area (Å²) in [6.45, 7) is 14.0. The summed E-state index contributed by atoms with van der Waals surface area (Å²) in [6, 6.07) is 4.40. The third kappa shape index (κ3) is 9.17. The van der Waals surface area contributed by atoms with Gasteiger partial charge in [-0.15, -0.1) is 19.7 Å². The first-order chi connectivity index (χ1) is 8.18. The molecule has 0 aliphatic carbocycles. The Bertz CT molecular complexity index is 182. The molecule has 98 valence electrons. The van der Waals surface area contributed by atoms with Crippen molar-refractivity contribution in [1.29, 1.82) is 0 Å². The highest BCUT2D eigenvalue weighted by Gasteiger charge is 2.24. The lowest BCUT2D eigenvalue weighted by atomic mass is 10.3. The minimum Gasteiger partial charge on any atom is -0.103 e. The largest absolute Gasteiger partial charge is 0.103 e. The molecule has 0 bridgehead atoms. The minimum atomic E-state index is -1.00. The molecule has 0 spiro atoms. The molecule has 0 N–H and O–H groups in total. The SMILES string of the molecule is C=CCCC[Si](C)(CCCC=C)CCCC=C. The van der Waals surface area contributed by atoms with Crippen LogP contribution >= 0.6 is 0 Å². The maximum atomic E-state index is 3.82. The molecule has 17 heavy (non-hydrogen) atoms. The molecule has 0 atom stereocenters. The molecule has 0 fully saturated rings. The van der Waals surface area contributed by atoms with Crippen LogP contribution in [0.15, 0.2) is 38.0 Å². The summed E-state index contributed by atoms with van der Waals surface area (Å²) in [5, 5.41) is 0. The highest BCUT2D eigenvalue weighted by Crippen LogP contribution is 2.28. The van der Waals surface area contributed by atoms with E-state index >= 15 is 0 Å². The molecule has 0 saturated carbocycles. The molecule has 0 saturated heterocycles. The Morgan fingerprint density at radius 3 is 1.24 bits per heavy atom. The van der Waals surface area contributed by atoms with E-state index in [1.807, 2.05) is 0 Å². The highest BCUT2D eigenvalue weighted by atomic mass is 28.3. The summed E-state index contributed by atoms with van der Waals surface area (Å²) in [5.74, 6) is 0. The molecule has 0 radical (unpaired) electrons. The molecule has 0 rings (SSSR count). The molecule has 0 heterocycles. The molecule has 0 amide bonds. The molecule has 0 aliphatic rings. The predicted molar refractivity (Wildman–Crippen MR) is 84.3 cm³/mol. The zero-order chi connectivity index (χ0) is 13.0. The second kappa shape index (κ2) is 10.6. The monoisotopic (exact) mass is 250 g/mol. The molecule has 0 unspecified atom stereocenters. The number of hydrogen-bond acceptors (Lipinski definition) is 0. The van der Waals surface area contributed by atoms with E-state index in [2.05, 4.69) is 44.5 Å². The smallest absolute Gasteiger partial charge is 0.0505 e. The van der Waals surface area contributed by atoms with Gasteiger partial charge in [0.1, 0.15) is 0 Å². The van der Waals surface area contributed by atoms with Crippen LogP contribution in [-0.4, -0.2) is 8.07 Å². The number of hydrogen-bond donors (Lipinski definition) is 0. The Labute approximate surface area is 110 Å². The van der Waals surface area contributed by atoms with Gasteiger partial charge in [0, 0.05) is 0 Å². The van der Waals surface area contributed by atoms with Crippen molar-refractivity contribution in [2.75, 3.05) is 0 Å². The first-order valence-electron chi connectivity index (χ1n) is 7.01. The van der Waals surface area contributed by atoms with E-state index in [9.17, 15) is 0 Å². The minimum absolute atomic E-state index is 1.00. The standard InChI is InChI=1S/C16H30Si/c1-5-8-11-14-17(4,15-12-9-6-2)16-13-10-7-3/h5-7H,1-3,8-16H2,4H3.